The number of fused-ring (bicyclic) bond motifs is 1. The summed E-state index contributed by atoms with van der Waals surface area (Å²) >= 11 is 0. The third-order valence-corrected chi connectivity index (χ3v) is 4.02. The summed E-state index contributed by atoms with van der Waals surface area (Å²) in [6.45, 7) is 1.63. The van der Waals surface area contributed by atoms with Crippen molar-refractivity contribution in [3.8, 4) is 11.1 Å². The third-order valence-electron chi connectivity index (χ3n) is 4.02. The Bertz CT molecular complexity index is 1080. The Morgan fingerprint density at radius 2 is 1.89 bits per heavy atom. The second-order valence-corrected chi connectivity index (χ2v) is 5.91. The van der Waals surface area contributed by atoms with Crippen molar-refractivity contribution >= 4 is 34.9 Å². The molecule has 0 saturated heterocycles. The summed E-state index contributed by atoms with van der Waals surface area (Å²) in [5, 5.41) is 20.5. The van der Waals surface area contributed by atoms with Crippen LogP contribution < -0.4 is 5.32 Å². The van der Waals surface area contributed by atoms with Crippen LogP contribution in [-0.4, -0.2) is 25.3 Å². The molecule has 0 saturated carbocycles. The maximum absolute atomic E-state index is 13.3. The van der Waals surface area contributed by atoms with E-state index < -0.39 is 0 Å². The fraction of sp³-hybridized carbons (Fsp3) is 0.105. The Morgan fingerprint density at radius 1 is 1.11 bits per heavy atom. The predicted molar refractivity (Wildman–Crippen MR) is 105 cm³/mol. The van der Waals surface area contributed by atoms with Crippen molar-refractivity contribution in [1.29, 1.82) is 0 Å². The number of H-pyrrole nitrogens is 1. The lowest BCUT2D eigenvalue weighted by Crippen LogP contribution is -2.03. The van der Waals surface area contributed by atoms with E-state index in [2.05, 4.69) is 25.5 Å². The van der Waals surface area contributed by atoms with Crippen molar-refractivity contribution in [2.45, 2.75) is 13.5 Å². The average Bonchev–Trinajstić information content (AvgIpc) is 3.06. The second kappa shape index (κ2) is 7.69. The highest BCUT2D eigenvalue weighted by Crippen LogP contribution is 2.33. The fourth-order valence-corrected chi connectivity index (χ4v) is 2.87. The number of nitrogens with one attached hydrogen (secondary N) is 2. The molecule has 6 nitrogen and oxygen atoms in total. The van der Waals surface area contributed by atoms with Gasteiger partial charge in [-0.2, -0.15) is 5.10 Å². The number of aryl methyl sites for hydroxylation is 1. The molecule has 8 heteroatoms. The minimum absolute atomic E-state index is 0. The molecule has 0 fully saturated rings. The van der Waals surface area contributed by atoms with Gasteiger partial charge >= 0.3 is 0 Å². The smallest absolute Gasteiger partial charge is 0.156 e. The summed E-state index contributed by atoms with van der Waals surface area (Å²) < 4.78 is 13.3. The molecule has 0 spiro atoms. The number of hydrogen-bond donors (Lipinski definition) is 3. The summed E-state index contributed by atoms with van der Waals surface area (Å²) in [5.74, 6) is 1.16. The maximum Gasteiger partial charge on any atom is 0.156 e. The number of aromatic amines is 1. The van der Waals surface area contributed by atoms with Crippen LogP contribution in [0.5, 0.6) is 0 Å². The Balaban J connectivity index is 0.00000210. The van der Waals surface area contributed by atoms with E-state index in [-0.39, 0.29) is 24.8 Å². The van der Waals surface area contributed by atoms with E-state index in [1.807, 2.05) is 31.2 Å². The van der Waals surface area contributed by atoms with Gasteiger partial charge < -0.3 is 10.4 Å². The quantitative estimate of drug-likeness (QED) is 0.491. The van der Waals surface area contributed by atoms with Crippen LogP contribution in [0.25, 0.3) is 22.0 Å². The molecule has 0 amide bonds. The van der Waals surface area contributed by atoms with Gasteiger partial charge in [-0.05, 0) is 36.2 Å². The highest BCUT2D eigenvalue weighted by atomic mass is 35.5. The third kappa shape index (κ3) is 3.74. The maximum atomic E-state index is 13.3. The summed E-state index contributed by atoms with van der Waals surface area (Å²) in [5.41, 5.74) is 3.30. The minimum Gasteiger partial charge on any atom is -0.388 e. The SMILES string of the molecule is Cc1cc(Nc2nc(CO)nc3cccc(-c4ccc(F)cc4)c23)n[nH]1.Cl. The Kier molecular flexibility index (Phi) is 5.34. The molecule has 3 N–H and O–H groups in total. The van der Waals surface area contributed by atoms with Crippen LogP contribution in [0.4, 0.5) is 16.0 Å². The lowest BCUT2D eigenvalue weighted by Gasteiger charge is -2.12. The van der Waals surface area contributed by atoms with Crippen LogP contribution in [0.1, 0.15) is 11.5 Å². The molecular weight excluding hydrogens is 369 g/mol. The minimum atomic E-state index is -0.293. The van der Waals surface area contributed by atoms with Gasteiger partial charge in [0.15, 0.2) is 11.6 Å². The Labute approximate surface area is 160 Å². The summed E-state index contributed by atoms with van der Waals surface area (Å²) in [7, 11) is 0. The van der Waals surface area contributed by atoms with E-state index >= 15 is 0 Å². The van der Waals surface area contributed by atoms with Gasteiger partial charge in [0.05, 0.1) is 10.9 Å². The molecule has 4 rings (SSSR count). The van der Waals surface area contributed by atoms with Crippen LogP contribution in [0, 0.1) is 12.7 Å². The highest BCUT2D eigenvalue weighted by Gasteiger charge is 2.14. The van der Waals surface area contributed by atoms with Gasteiger partial charge in [-0.1, -0.05) is 24.3 Å². The van der Waals surface area contributed by atoms with Gasteiger partial charge in [0.2, 0.25) is 0 Å². The van der Waals surface area contributed by atoms with Gasteiger partial charge in [0, 0.05) is 11.8 Å². The predicted octanol–water partition coefficient (Wildman–Crippen LogP) is 4.13. The number of anilines is 2. The molecule has 0 bridgehead atoms. The van der Waals surface area contributed by atoms with Gasteiger partial charge in [0.1, 0.15) is 18.2 Å². The van der Waals surface area contributed by atoms with Gasteiger partial charge in [-0.3, -0.25) is 5.10 Å². The van der Waals surface area contributed by atoms with Gasteiger partial charge in [-0.25, -0.2) is 14.4 Å². The zero-order valence-corrected chi connectivity index (χ0v) is 15.2. The molecule has 0 atom stereocenters. The number of halogens is 2. The summed E-state index contributed by atoms with van der Waals surface area (Å²) in [6.07, 6.45) is 0. The number of hydrogen-bond acceptors (Lipinski definition) is 5. The van der Waals surface area contributed by atoms with E-state index in [4.69, 9.17) is 0 Å². The number of rotatable bonds is 4. The van der Waals surface area contributed by atoms with Crippen LogP contribution in [0.3, 0.4) is 0 Å². The van der Waals surface area contributed by atoms with E-state index in [0.29, 0.717) is 23.0 Å². The standard InChI is InChI=1S/C19H16FN5O.ClH/c1-11-9-16(25-24-11)22-19-18-14(12-5-7-13(20)8-6-12)3-2-4-15(18)21-17(10-26)23-19;/h2-9,26H,10H2,1H3,(H2,21,22,23,24,25);1H. The average molecular weight is 386 g/mol. The fourth-order valence-electron chi connectivity index (χ4n) is 2.87. The van der Waals surface area contributed by atoms with E-state index in [0.717, 1.165) is 22.2 Å². The molecular formula is C19H17ClFN5O. The zero-order chi connectivity index (χ0) is 18.1. The molecule has 138 valence electrons. The molecule has 4 aromatic rings. The summed E-state index contributed by atoms with van der Waals surface area (Å²) in [6, 6.07) is 13.8. The van der Waals surface area contributed by atoms with Crippen molar-refractivity contribution in [3.63, 3.8) is 0 Å². The molecule has 0 aliphatic heterocycles. The molecule has 27 heavy (non-hydrogen) atoms. The van der Waals surface area contributed by atoms with Gasteiger partial charge in [-0.15, -0.1) is 12.4 Å². The van der Waals surface area contributed by atoms with E-state index in [1.54, 1.807) is 12.1 Å². The van der Waals surface area contributed by atoms with Crippen LogP contribution in [0.15, 0.2) is 48.5 Å². The monoisotopic (exact) mass is 385 g/mol. The Hall–Kier alpha value is -3.03. The van der Waals surface area contributed by atoms with Crippen LogP contribution in [0.2, 0.25) is 0 Å². The first kappa shape index (κ1) is 18.8. The Morgan fingerprint density at radius 3 is 2.56 bits per heavy atom. The number of aliphatic hydroxyl groups is 1. The number of aliphatic hydroxyl groups excluding tert-OH is 1. The lowest BCUT2D eigenvalue weighted by atomic mass is 10.0. The van der Waals surface area contributed by atoms with Gasteiger partial charge in [0.25, 0.3) is 0 Å². The largest absolute Gasteiger partial charge is 0.388 e. The summed E-state index contributed by atoms with van der Waals surface area (Å²) in [4.78, 5) is 8.83. The first-order chi connectivity index (χ1) is 12.6. The lowest BCUT2D eigenvalue weighted by molar-refractivity contribution is 0.272. The van der Waals surface area contributed by atoms with Crippen molar-refractivity contribution in [1.82, 2.24) is 20.2 Å². The number of nitrogens with zero attached hydrogens (tertiary/aromatic N) is 3. The molecule has 0 radical (unpaired) electrons. The van der Waals surface area contributed by atoms with Crippen molar-refractivity contribution in [3.05, 3.63) is 65.9 Å². The first-order valence-electron chi connectivity index (χ1n) is 8.09. The number of aromatic nitrogens is 4. The molecule has 0 aliphatic rings. The normalized spacial score (nSPS) is 10.6. The van der Waals surface area contributed by atoms with Crippen LogP contribution in [-0.2, 0) is 6.61 Å². The molecule has 0 unspecified atom stereocenters. The highest BCUT2D eigenvalue weighted by molar-refractivity contribution is 6.02. The zero-order valence-electron chi connectivity index (χ0n) is 14.4. The van der Waals surface area contributed by atoms with Crippen molar-refractivity contribution < 1.29 is 9.50 Å². The molecule has 0 aliphatic carbocycles. The number of benzene rings is 2. The van der Waals surface area contributed by atoms with Crippen molar-refractivity contribution in [2.75, 3.05) is 5.32 Å². The van der Waals surface area contributed by atoms with Crippen LogP contribution >= 0.6 is 12.4 Å². The molecule has 2 aromatic carbocycles. The molecule has 2 aromatic heterocycles. The first-order valence-corrected chi connectivity index (χ1v) is 8.09. The van der Waals surface area contributed by atoms with E-state index in [9.17, 15) is 9.50 Å². The topological polar surface area (TPSA) is 86.7 Å². The van der Waals surface area contributed by atoms with Crippen molar-refractivity contribution in [2.24, 2.45) is 0 Å². The molecule has 2 heterocycles. The second-order valence-electron chi connectivity index (χ2n) is 5.91. The van der Waals surface area contributed by atoms with E-state index in [1.165, 1.54) is 12.1 Å².